The third-order valence-electron chi connectivity index (χ3n) is 2.46. The van der Waals surface area contributed by atoms with E-state index >= 15 is 0 Å². The van der Waals surface area contributed by atoms with E-state index in [1.807, 2.05) is 0 Å². The summed E-state index contributed by atoms with van der Waals surface area (Å²) in [5, 5.41) is 0. The van der Waals surface area contributed by atoms with Crippen molar-refractivity contribution in [2.45, 2.75) is 78.1 Å². The average molecular weight is 187 g/mol. The van der Waals surface area contributed by atoms with Crippen LogP contribution in [0, 0.1) is 0 Å². The van der Waals surface area contributed by atoms with Crippen LogP contribution in [0.5, 0.6) is 0 Å². The van der Waals surface area contributed by atoms with Crippen molar-refractivity contribution in [2.24, 2.45) is 0 Å². The Morgan fingerprint density at radius 3 is 0.923 bits per heavy atom. The molecule has 0 aromatic rings. The molecule has 0 unspecified atom stereocenters. The van der Waals surface area contributed by atoms with Gasteiger partial charge in [0.15, 0.2) is 0 Å². The Morgan fingerprint density at radius 1 is 0.462 bits per heavy atom. The van der Waals surface area contributed by atoms with Gasteiger partial charge in [-0.05, 0) is 0 Å². The van der Waals surface area contributed by atoms with E-state index in [0.717, 1.165) is 0 Å². The van der Waals surface area contributed by atoms with Gasteiger partial charge in [0.05, 0.1) is 0 Å². The quantitative estimate of drug-likeness (QED) is 0.501. The summed E-state index contributed by atoms with van der Waals surface area (Å²) in [6.07, 6.45) is 14.4. The van der Waals surface area contributed by atoms with Crippen LogP contribution < -0.4 is 6.15 Å². The fourth-order valence-electron chi connectivity index (χ4n) is 1.56. The molecule has 0 aliphatic heterocycles. The van der Waals surface area contributed by atoms with Crippen molar-refractivity contribution < 1.29 is 0 Å². The largest absolute Gasteiger partial charge is 0.344 e. The van der Waals surface area contributed by atoms with Crippen LogP contribution in [0.15, 0.2) is 0 Å². The van der Waals surface area contributed by atoms with Crippen LogP contribution in [-0.4, -0.2) is 0 Å². The van der Waals surface area contributed by atoms with Gasteiger partial charge in [-0.25, -0.2) is 0 Å². The SMILES string of the molecule is CCCCCCCCCCCC.N. The molecule has 0 spiro atoms. The first-order valence-electron chi connectivity index (χ1n) is 5.91. The maximum absolute atomic E-state index is 2.28. The molecule has 1 nitrogen and oxygen atoms in total. The van der Waals surface area contributed by atoms with Gasteiger partial charge in [0.1, 0.15) is 0 Å². The third kappa shape index (κ3) is 14.8. The molecule has 0 saturated heterocycles. The molecule has 0 bridgehead atoms. The van der Waals surface area contributed by atoms with E-state index in [-0.39, 0.29) is 6.15 Å². The van der Waals surface area contributed by atoms with E-state index in [0.29, 0.717) is 0 Å². The van der Waals surface area contributed by atoms with Crippen molar-refractivity contribution in [2.75, 3.05) is 0 Å². The number of hydrogen-bond acceptors (Lipinski definition) is 1. The maximum Gasteiger partial charge on any atom is -0.0533 e. The van der Waals surface area contributed by atoms with Crippen molar-refractivity contribution in [3.63, 3.8) is 0 Å². The van der Waals surface area contributed by atoms with Gasteiger partial charge in [-0.3, -0.25) is 0 Å². The van der Waals surface area contributed by atoms with Gasteiger partial charge in [-0.2, -0.15) is 0 Å². The minimum absolute atomic E-state index is 0. The lowest BCUT2D eigenvalue weighted by molar-refractivity contribution is 0.562. The summed E-state index contributed by atoms with van der Waals surface area (Å²) < 4.78 is 0. The number of hydrogen-bond donors (Lipinski definition) is 1. The molecule has 13 heavy (non-hydrogen) atoms. The van der Waals surface area contributed by atoms with Gasteiger partial charge in [0.2, 0.25) is 0 Å². The van der Waals surface area contributed by atoms with Crippen molar-refractivity contribution in [3.05, 3.63) is 0 Å². The fraction of sp³-hybridized carbons (Fsp3) is 1.00. The molecule has 0 aliphatic carbocycles. The first-order chi connectivity index (χ1) is 5.91. The summed E-state index contributed by atoms with van der Waals surface area (Å²) in [4.78, 5) is 0. The first kappa shape index (κ1) is 15.4. The molecule has 0 amide bonds. The second-order valence-corrected chi connectivity index (χ2v) is 3.83. The molecule has 1 heteroatoms. The Kier molecular flexibility index (Phi) is 17.2. The van der Waals surface area contributed by atoms with Crippen LogP contribution in [0.3, 0.4) is 0 Å². The maximum atomic E-state index is 2.28. The molecular weight excluding hydrogens is 158 g/mol. The molecule has 0 radical (unpaired) electrons. The fourth-order valence-corrected chi connectivity index (χ4v) is 1.56. The van der Waals surface area contributed by atoms with E-state index in [2.05, 4.69) is 13.8 Å². The first-order valence-corrected chi connectivity index (χ1v) is 5.91. The predicted octanol–water partition coefficient (Wildman–Crippen LogP) is 5.09. The van der Waals surface area contributed by atoms with Gasteiger partial charge in [-0.15, -0.1) is 0 Å². The van der Waals surface area contributed by atoms with E-state index in [4.69, 9.17) is 0 Å². The highest BCUT2D eigenvalue weighted by atomic mass is 14.0. The smallest absolute Gasteiger partial charge is 0.0533 e. The minimum atomic E-state index is 0. The highest BCUT2D eigenvalue weighted by Gasteiger charge is 1.90. The van der Waals surface area contributed by atoms with Crippen molar-refractivity contribution >= 4 is 0 Å². The Bertz CT molecular complexity index is 61.5. The van der Waals surface area contributed by atoms with E-state index < -0.39 is 0 Å². The summed E-state index contributed by atoms with van der Waals surface area (Å²) in [7, 11) is 0. The Morgan fingerprint density at radius 2 is 0.692 bits per heavy atom. The summed E-state index contributed by atoms with van der Waals surface area (Å²) in [6, 6.07) is 0. The molecule has 0 aromatic carbocycles. The van der Waals surface area contributed by atoms with Gasteiger partial charge < -0.3 is 6.15 Å². The van der Waals surface area contributed by atoms with Crippen LogP contribution in [0.1, 0.15) is 78.1 Å². The lowest BCUT2D eigenvalue weighted by Crippen LogP contribution is -1.80. The minimum Gasteiger partial charge on any atom is -0.344 e. The van der Waals surface area contributed by atoms with Crippen LogP contribution in [0.4, 0.5) is 0 Å². The standard InChI is InChI=1S/C12H26.H3N/c1-3-5-7-9-11-12-10-8-6-4-2;/h3-12H2,1-2H3;1H3. The Labute approximate surface area is 84.9 Å². The summed E-state index contributed by atoms with van der Waals surface area (Å²) in [5.41, 5.74) is 0. The molecule has 0 aromatic heterocycles. The van der Waals surface area contributed by atoms with Crippen molar-refractivity contribution in [3.8, 4) is 0 Å². The van der Waals surface area contributed by atoms with Gasteiger partial charge in [0, 0.05) is 0 Å². The zero-order valence-electron chi connectivity index (χ0n) is 9.78. The molecule has 0 heterocycles. The molecule has 0 rings (SSSR count). The van der Waals surface area contributed by atoms with Gasteiger partial charge in [-0.1, -0.05) is 78.1 Å². The van der Waals surface area contributed by atoms with E-state index in [1.165, 1.54) is 64.2 Å². The normalized spacial score (nSPS) is 9.69. The Balaban J connectivity index is 0. The molecule has 82 valence electrons. The van der Waals surface area contributed by atoms with Crippen LogP contribution in [0.25, 0.3) is 0 Å². The van der Waals surface area contributed by atoms with Crippen LogP contribution >= 0.6 is 0 Å². The van der Waals surface area contributed by atoms with Crippen LogP contribution in [-0.2, 0) is 0 Å². The third-order valence-corrected chi connectivity index (χ3v) is 2.46. The second kappa shape index (κ2) is 14.5. The Hall–Kier alpha value is -0.0400. The van der Waals surface area contributed by atoms with Crippen molar-refractivity contribution in [1.82, 2.24) is 6.15 Å². The number of rotatable bonds is 9. The summed E-state index contributed by atoms with van der Waals surface area (Å²) >= 11 is 0. The number of unbranched alkanes of at least 4 members (excludes halogenated alkanes) is 9. The monoisotopic (exact) mass is 187 g/mol. The summed E-state index contributed by atoms with van der Waals surface area (Å²) in [6.45, 7) is 4.56. The molecule has 0 aliphatic rings. The van der Waals surface area contributed by atoms with Crippen LogP contribution in [0.2, 0.25) is 0 Å². The predicted molar refractivity (Wildman–Crippen MR) is 62.5 cm³/mol. The van der Waals surface area contributed by atoms with Gasteiger partial charge >= 0.3 is 0 Å². The molecule has 0 atom stereocenters. The van der Waals surface area contributed by atoms with Gasteiger partial charge in [0.25, 0.3) is 0 Å². The zero-order valence-corrected chi connectivity index (χ0v) is 9.78. The average Bonchev–Trinajstić information content (AvgIpc) is 2.10. The van der Waals surface area contributed by atoms with E-state index in [1.54, 1.807) is 0 Å². The van der Waals surface area contributed by atoms with Crippen molar-refractivity contribution in [1.29, 1.82) is 0 Å². The lowest BCUT2D eigenvalue weighted by Gasteiger charge is -1.99. The molecule has 3 N–H and O–H groups in total. The second-order valence-electron chi connectivity index (χ2n) is 3.83. The highest BCUT2D eigenvalue weighted by molar-refractivity contribution is 4.45. The zero-order chi connectivity index (χ0) is 9.07. The topological polar surface area (TPSA) is 35.0 Å². The summed E-state index contributed by atoms with van der Waals surface area (Å²) in [5.74, 6) is 0. The highest BCUT2D eigenvalue weighted by Crippen LogP contribution is 2.09. The molecule has 0 fully saturated rings. The molecular formula is C12H29N. The van der Waals surface area contributed by atoms with E-state index in [9.17, 15) is 0 Å². The lowest BCUT2D eigenvalue weighted by atomic mass is 10.1. The molecule has 0 saturated carbocycles.